The molecule has 278 valence electrons. The van der Waals surface area contributed by atoms with E-state index in [4.69, 9.17) is 14.2 Å². The Morgan fingerprint density at radius 2 is 1.40 bits per heavy atom. The number of anilines is 2. The van der Waals surface area contributed by atoms with Crippen molar-refractivity contribution in [1.29, 1.82) is 0 Å². The Hall–Kier alpha value is -5.89. The number of carbonyl (C=O) groups excluding carboxylic acids is 3. The number of nitrogens with zero attached hydrogens (tertiary/aromatic N) is 1. The lowest BCUT2D eigenvalue weighted by Crippen LogP contribution is -2.30. The molecule has 0 saturated heterocycles. The van der Waals surface area contributed by atoms with E-state index in [1.807, 2.05) is 72.1 Å². The maximum Gasteiger partial charge on any atom is 0.272 e. The lowest BCUT2D eigenvalue weighted by atomic mass is 10.1. The van der Waals surface area contributed by atoms with Crippen LogP contribution in [0.3, 0.4) is 0 Å². The van der Waals surface area contributed by atoms with Gasteiger partial charge in [-0.15, -0.1) is 23.1 Å². The number of halogens is 1. The fraction of sp³-hybridized carbons (Fsp3) is 0.0952. The van der Waals surface area contributed by atoms with Crippen molar-refractivity contribution in [3.8, 4) is 28.5 Å². The topological polar surface area (TPSA) is 128 Å². The molecule has 0 spiro atoms. The molecule has 0 fully saturated rings. The SMILES string of the molecule is COc1cc(OC)c(OC)cc1/C=C(\NC(=O)c1ccccc1)C(=O)Nc1ccc(SC(C(=O)Nc2nc(-c3ccc(Br)cc3)cs2)c2ccccc2)cc1. The number of nitrogens with one attached hydrogen (secondary N) is 3. The monoisotopic (exact) mass is 834 g/mol. The predicted octanol–water partition coefficient (Wildman–Crippen LogP) is 9.48. The highest BCUT2D eigenvalue weighted by molar-refractivity contribution is 9.10. The van der Waals surface area contributed by atoms with Crippen molar-refractivity contribution in [2.75, 3.05) is 32.0 Å². The molecule has 10 nitrogen and oxygen atoms in total. The Labute approximate surface area is 335 Å². The van der Waals surface area contributed by atoms with Crippen LogP contribution >= 0.6 is 39.0 Å². The zero-order valence-electron chi connectivity index (χ0n) is 29.9. The Morgan fingerprint density at radius 1 is 0.764 bits per heavy atom. The fourth-order valence-corrected chi connectivity index (χ4v) is 7.38. The Bertz CT molecular complexity index is 2300. The number of methoxy groups -OCH3 is 3. The van der Waals surface area contributed by atoms with E-state index >= 15 is 0 Å². The van der Waals surface area contributed by atoms with Crippen molar-refractivity contribution in [2.45, 2.75) is 10.1 Å². The van der Waals surface area contributed by atoms with Gasteiger partial charge in [-0.3, -0.25) is 14.4 Å². The van der Waals surface area contributed by atoms with Crippen molar-refractivity contribution in [2.24, 2.45) is 0 Å². The predicted molar refractivity (Wildman–Crippen MR) is 222 cm³/mol. The third-order valence-corrected chi connectivity index (χ3v) is 10.7. The number of benzene rings is 5. The molecule has 3 amide bonds. The minimum atomic E-state index is -0.596. The molecule has 0 aliphatic rings. The molecule has 1 heterocycles. The van der Waals surface area contributed by atoms with E-state index in [0.717, 1.165) is 26.2 Å². The van der Waals surface area contributed by atoms with Gasteiger partial charge in [0.25, 0.3) is 11.8 Å². The molecule has 6 rings (SSSR count). The van der Waals surface area contributed by atoms with Crippen LogP contribution in [-0.4, -0.2) is 44.0 Å². The van der Waals surface area contributed by atoms with E-state index < -0.39 is 17.1 Å². The number of rotatable bonds is 14. The first kappa shape index (κ1) is 38.8. The van der Waals surface area contributed by atoms with E-state index in [9.17, 15) is 14.4 Å². The van der Waals surface area contributed by atoms with Crippen LogP contribution in [0.4, 0.5) is 10.8 Å². The highest BCUT2D eigenvalue weighted by Gasteiger charge is 2.24. The second kappa shape index (κ2) is 18.4. The smallest absolute Gasteiger partial charge is 0.272 e. The second-order valence-electron chi connectivity index (χ2n) is 11.7. The first-order valence-electron chi connectivity index (χ1n) is 16.8. The molecule has 13 heteroatoms. The highest BCUT2D eigenvalue weighted by Crippen LogP contribution is 2.38. The second-order valence-corrected chi connectivity index (χ2v) is 14.7. The number of carbonyl (C=O) groups is 3. The number of hydrogen-bond acceptors (Lipinski definition) is 9. The Balaban J connectivity index is 1.21. The first-order chi connectivity index (χ1) is 26.7. The van der Waals surface area contributed by atoms with Gasteiger partial charge >= 0.3 is 0 Å². The van der Waals surface area contributed by atoms with E-state index in [0.29, 0.717) is 39.2 Å². The summed E-state index contributed by atoms with van der Waals surface area (Å²) in [5, 5.41) is 10.4. The Morgan fingerprint density at radius 3 is 2.05 bits per heavy atom. The summed E-state index contributed by atoms with van der Waals surface area (Å²) in [7, 11) is 4.50. The van der Waals surface area contributed by atoms with Crippen LogP contribution in [0.5, 0.6) is 17.2 Å². The first-order valence-corrected chi connectivity index (χ1v) is 19.3. The fourth-order valence-electron chi connectivity index (χ4n) is 5.37. The molecule has 1 unspecified atom stereocenters. The number of aromatic nitrogens is 1. The minimum Gasteiger partial charge on any atom is -0.496 e. The van der Waals surface area contributed by atoms with Crippen molar-refractivity contribution >= 4 is 73.6 Å². The van der Waals surface area contributed by atoms with Crippen LogP contribution < -0.4 is 30.2 Å². The van der Waals surface area contributed by atoms with E-state index in [1.165, 1.54) is 50.5 Å². The van der Waals surface area contributed by atoms with Gasteiger partial charge in [0.05, 0.1) is 27.0 Å². The summed E-state index contributed by atoms with van der Waals surface area (Å²) in [6.45, 7) is 0. The van der Waals surface area contributed by atoms with Crippen LogP contribution in [0.1, 0.15) is 26.7 Å². The van der Waals surface area contributed by atoms with Gasteiger partial charge in [-0.25, -0.2) is 4.98 Å². The molecule has 55 heavy (non-hydrogen) atoms. The summed E-state index contributed by atoms with van der Waals surface area (Å²) in [6, 6.07) is 36.3. The number of amides is 3. The molecular weight excluding hydrogens is 801 g/mol. The molecule has 1 aromatic heterocycles. The van der Waals surface area contributed by atoms with Gasteiger partial charge in [-0.05, 0) is 66.2 Å². The average Bonchev–Trinajstić information content (AvgIpc) is 3.69. The number of hydrogen-bond donors (Lipinski definition) is 3. The highest BCUT2D eigenvalue weighted by atomic mass is 79.9. The molecule has 1 atom stereocenters. The summed E-state index contributed by atoms with van der Waals surface area (Å²) in [5.41, 5.74) is 3.82. The van der Waals surface area contributed by atoms with Crippen LogP contribution in [0.15, 0.2) is 142 Å². The largest absolute Gasteiger partial charge is 0.496 e. The third-order valence-electron chi connectivity index (χ3n) is 8.15. The summed E-state index contributed by atoms with van der Waals surface area (Å²) >= 11 is 6.19. The average molecular weight is 836 g/mol. The normalized spacial score (nSPS) is 11.6. The number of thiazole rings is 1. The summed E-state index contributed by atoms with van der Waals surface area (Å²) in [6.07, 6.45) is 1.51. The van der Waals surface area contributed by atoms with Crippen LogP contribution in [0, 0.1) is 0 Å². The molecular formula is C42H35BrN4O6S2. The maximum absolute atomic E-state index is 13.8. The van der Waals surface area contributed by atoms with Crippen molar-refractivity contribution in [3.05, 3.63) is 154 Å². The number of thioether (sulfide) groups is 1. The standard InChI is InChI=1S/C42H35BrN4O6S2/c1-51-35-24-37(53-3)36(52-2)23-29(35)22-33(45-39(48)28-12-8-5-9-13-28)40(49)44-31-18-20-32(21-19-31)55-38(27-10-6-4-7-11-27)41(50)47-42-46-34(25-54-42)26-14-16-30(43)17-15-26/h4-25,38H,1-3H3,(H,44,49)(H,45,48)(H,46,47,50)/b33-22-. The minimum absolute atomic E-state index is 0.0379. The lowest BCUT2D eigenvalue weighted by Gasteiger charge is -2.17. The molecule has 3 N–H and O–H groups in total. The lowest BCUT2D eigenvalue weighted by molar-refractivity contribution is -0.116. The zero-order valence-corrected chi connectivity index (χ0v) is 33.1. The van der Waals surface area contributed by atoms with Gasteiger partial charge in [0.2, 0.25) is 5.91 Å². The molecule has 0 radical (unpaired) electrons. The summed E-state index contributed by atoms with van der Waals surface area (Å²) < 4.78 is 17.4. The van der Waals surface area contributed by atoms with Crippen LogP contribution in [-0.2, 0) is 9.59 Å². The van der Waals surface area contributed by atoms with Crippen LogP contribution in [0.2, 0.25) is 0 Å². The van der Waals surface area contributed by atoms with Gasteiger partial charge in [0, 0.05) is 43.2 Å². The van der Waals surface area contributed by atoms with Gasteiger partial charge in [-0.2, -0.15) is 0 Å². The van der Waals surface area contributed by atoms with E-state index in [2.05, 4.69) is 36.9 Å². The molecule has 0 aliphatic carbocycles. The zero-order chi connectivity index (χ0) is 38.7. The third kappa shape index (κ3) is 10.0. The van der Waals surface area contributed by atoms with Gasteiger partial charge in [-0.1, -0.05) is 76.6 Å². The summed E-state index contributed by atoms with van der Waals surface area (Å²) in [5.74, 6) is -0.0177. The molecule has 0 saturated carbocycles. The molecule has 5 aromatic carbocycles. The van der Waals surface area contributed by atoms with Crippen molar-refractivity contribution < 1.29 is 28.6 Å². The number of ether oxygens (including phenoxy) is 3. The summed E-state index contributed by atoms with van der Waals surface area (Å²) in [4.78, 5) is 46.3. The van der Waals surface area contributed by atoms with Crippen molar-refractivity contribution in [1.82, 2.24) is 10.3 Å². The van der Waals surface area contributed by atoms with E-state index in [-0.39, 0.29) is 11.6 Å². The van der Waals surface area contributed by atoms with Crippen LogP contribution in [0.25, 0.3) is 17.3 Å². The quantitative estimate of drug-likeness (QED) is 0.0732. The molecule has 0 aliphatic heterocycles. The molecule has 0 bridgehead atoms. The van der Waals surface area contributed by atoms with Gasteiger partial charge in [0.15, 0.2) is 16.6 Å². The van der Waals surface area contributed by atoms with Gasteiger partial charge in [0.1, 0.15) is 16.7 Å². The maximum atomic E-state index is 13.8. The Kier molecular flexibility index (Phi) is 13.0. The van der Waals surface area contributed by atoms with Gasteiger partial charge < -0.3 is 30.2 Å². The van der Waals surface area contributed by atoms with E-state index in [1.54, 1.807) is 54.6 Å². The van der Waals surface area contributed by atoms with Crippen molar-refractivity contribution in [3.63, 3.8) is 0 Å². The molecule has 6 aromatic rings.